The summed E-state index contributed by atoms with van der Waals surface area (Å²) in [5.41, 5.74) is 0. The quantitative estimate of drug-likeness (QED) is 0.806. The van der Waals surface area contributed by atoms with E-state index in [1.807, 2.05) is 17.7 Å². The van der Waals surface area contributed by atoms with Crippen LogP contribution in [0.15, 0.2) is 12.4 Å². The van der Waals surface area contributed by atoms with Crippen molar-refractivity contribution in [2.24, 2.45) is 0 Å². The third kappa shape index (κ3) is 3.46. The molecule has 0 amide bonds. The highest BCUT2D eigenvalue weighted by Crippen LogP contribution is 1.99. The summed E-state index contributed by atoms with van der Waals surface area (Å²) in [5.74, 6) is 0.169. The average Bonchev–Trinajstić information content (AvgIpc) is 2.47. The van der Waals surface area contributed by atoms with Gasteiger partial charge in [0, 0.05) is 25.4 Å². The minimum Gasteiger partial charge on any atom is -0.481 e. The van der Waals surface area contributed by atoms with Crippen molar-refractivity contribution in [2.45, 2.75) is 26.3 Å². The normalized spacial score (nSPS) is 9.31. The van der Waals surface area contributed by atoms with Gasteiger partial charge in [0.15, 0.2) is 0 Å². The molecule has 1 heterocycles. The molecule has 13 heavy (non-hydrogen) atoms. The predicted molar refractivity (Wildman–Crippen MR) is 51.1 cm³/mol. The van der Waals surface area contributed by atoms with E-state index in [-0.39, 0.29) is 18.8 Å². The molecule has 1 aromatic rings. The fourth-order valence-electron chi connectivity index (χ4n) is 1.07. The van der Waals surface area contributed by atoms with Gasteiger partial charge in [-0.25, -0.2) is 4.98 Å². The number of aryl methyl sites for hydroxylation is 2. The zero-order chi connectivity index (χ0) is 8.97. The molecule has 0 atom stereocenters. The lowest BCUT2D eigenvalue weighted by atomic mass is 10.4. The lowest BCUT2D eigenvalue weighted by Crippen LogP contribution is -2.06. The lowest BCUT2D eigenvalue weighted by Gasteiger charge is -2.02. The Bertz CT molecular complexity index is 273. The van der Waals surface area contributed by atoms with Gasteiger partial charge in [-0.2, -0.15) is 0 Å². The molecule has 0 radical (unpaired) electrons. The Morgan fingerprint density at radius 1 is 1.69 bits per heavy atom. The van der Waals surface area contributed by atoms with Crippen LogP contribution in [0, 0.1) is 0 Å². The van der Waals surface area contributed by atoms with Crippen LogP contribution in [0.5, 0.6) is 0 Å². The highest BCUT2D eigenvalue weighted by molar-refractivity contribution is 5.85. The average molecular weight is 205 g/mol. The van der Waals surface area contributed by atoms with Crippen molar-refractivity contribution in [3.05, 3.63) is 18.2 Å². The number of aliphatic carboxylic acids is 1. The van der Waals surface area contributed by atoms with Crippen LogP contribution in [-0.2, 0) is 17.8 Å². The van der Waals surface area contributed by atoms with Crippen LogP contribution in [0.25, 0.3) is 0 Å². The summed E-state index contributed by atoms with van der Waals surface area (Å²) < 4.78 is 1.87. The first kappa shape index (κ1) is 12.0. The van der Waals surface area contributed by atoms with Crippen molar-refractivity contribution in [3.8, 4) is 0 Å². The summed E-state index contributed by atoms with van der Waals surface area (Å²) >= 11 is 0. The van der Waals surface area contributed by atoms with Crippen molar-refractivity contribution >= 4 is 18.4 Å². The number of aromatic nitrogens is 2. The van der Waals surface area contributed by atoms with Gasteiger partial charge in [-0.05, 0) is 0 Å². The minimum atomic E-state index is -0.772. The Hall–Kier alpha value is -1.03. The number of imidazole rings is 1. The van der Waals surface area contributed by atoms with Crippen molar-refractivity contribution < 1.29 is 9.90 Å². The fraction of sp³-hybridized carbons (Fsp3) is 0.500. The largest absolute Gasteiger partial charge is 0.481 e. The van der Waals surface area contributed by atoms with Gasteiger partial charge in [-0.15, -0.1) is 12.4 Å². The van der Waals surface area contributed by atoms with E-state index >= 15 is 0 Å². The highest BCUT2D eigenvalue weighted by atomic mass is 35.5. The van der Waals surface area contributed by atoms with Gasteiger partial charge in [-0.3, -0.25) is 4.79 Å². The van der Waals surface area contributed by atoms with Gasteiger partial charge in [0.05, 0.1) is 6.42 Å². The first-order chi connectivity index (χ1) is 5.74. The number of halogens is 1. The zero-order valence-electron chi connectivity index (χ0n) is 7.43. The molecule has 0 aliphatic heterocycles. The van der Waals surface area contributed by atoms with Crippen LogP contribution < -0.4 is 0 Å². The molecule has 4 nitrogen and oxygen atoms in total. The van der Waals surface area contributed by atoms with E-state index in [0.717, 1.165) is 12.2 Å². The second-order valence-corrected chi connectivity index (χ2v) is 2.53. The molecule has 0 aliphatic rings. The maximum absolute atomic E-state index is 10.3. The van der Waals surface area contributed by atoms with E-state index in [9.17, 15) is 4.79 Å². The van der Waals surface area contributed by atoms with Crippen LogP contribution in [0.3, 0.4) is 0 Å². The number of hydrogen-bond acceptors (Lipinski definition) is 2. The van der Waals surface area contributed by atoms with Crippen LogP contribution in [0.1, 0.15) is 19.2 Å². The topological polar surface area (TPSA) is 55.1 Å². The highest BCUT2D eigenvalue weighted by Gasteiger charge is 2.01. The first-order valence-corrected chi connectivity index (χ1v) is 3.96. The summed E-state index contributed by atoms with van der Waals surface area (Å²) in [5, 5.41) is 8.44. The molecule has 0 aliphatic carbocycles. The van der Waals surface area contributed by atoms with Gasteiger partial charge in [0.25, 0.3) is 0 Å². The van der Waals surface area contributed by atoms with E-state index in [1.165, 1.54) is 0 Å². The molecule has 0 saturated carbocycles. The van der Waals surface area contributed by atoms with Crippen molar-refractivity contribution in [2.75, 3.05) is 0 Å². The van der Waals surface area contributed by atoms with Gasteiger partial charge < -0.3 is 9.67 Å². The first-order valence-electron chi connectivity index (χ1n) is 3.96. The predicted octanol–water partition coefficient (Wildman–Crippen LogP) is 1.34. The number of carboxylic acid groups (broad SMARTS) is 1. The molecule has 0 spiro atoms. The maximum Gasteiger partial charge on any atom is 0.305 e. The molecule has 0 aromatic carbocycles. The molecule has 0 unspecified atom stereocenters. The Morgan fingerprint density at radius 3 is 2.92 bits per heavy atom. The number of nitrogens with zero attached hydrogens (tertiary/aromatic N) is 2. The Balaban J connectivity index is 0.00000144. The van der Waals surface area contributed by atoms with E-state index < -0.39 is 5.97 Å². The van der Waals surface area contributed by atoms with Gasteiger partial charge in [-0.1, -0.05) is 6.92 Å². The SMILES string of the molecule is CCc1nccn1CCC(=O)O.Cl. The van der Waals surface area contributed by atoms with E-state index in [2.05, 4.69) is 4.98 Å². The van der Waals surface area contributed by atoms with Crippen LogP contribution in [0.4, 0.5) is 0 Å². The summed E-state index contributed by atoms with van der Waals surface area (Å²) in [7, 11) is 0. The molecule has 1 rings (SSSR count). The van der Waals surface area contributed by atoms with Crippen LogP contribution in [0.2, 0.25) is 0 Å². The second kappa shape index (κ2) is 5.59. The van der Waals surface area contributed by atoms with E-state index in [1.54, 1.807) is 6.20 Å². The lowest BCUT2D eigenvalue weighted by molar-refractivity contribution is -0.137. The molecule has 74 valence electrons. The number of rotatable bonds is 4. The third-order valence-electron chi connectivity index (χ3n) is 1.68. The van der Waals surface area contributed by atoms with Gasteiger partial charge in [0.1, 0.15) is 5.82 Å². The van der Waals surface area contributed by atoms with Crippen LogP contribution >= 0.6 is 12.4 Å². The van der Waals surface area contributed by atoms with E-state index in [4.69, 9.17) is 5.11 Å². The van der Waals surface area contributed by atoms with E-state index in [0.29, 0.717) is 6.54 Å². The summed E-state index contributed by atoms with van der Waals surface area (Å²) in [4.78, 5) is 14.3. The number of hydrogen-bond donors (Lipinski definition) is 1. The Morgan fingerprint density at radius 2 is 2.38 bits per heavy atom. The smallest absolute Gasteiger partial charge is 0.305 e. The summed E-state index contributed by atoms with van der Waals surface area (Å²) in [6, 6.07) is 0. The monoisotopic (exact) mass is 204 g/mol. The third-order valence-corrected chi connectivity index (χ3v) is 1.68. The zero-order valence-corrected chi connectivity index (χ0v) is 8.25. The number of carbonyl (C=O) groups is 1. The fourth-order valence-corrected chi connectivity index (χ4v) is 1.07. The molecule has 1 N–H and O–H groups in total. The molecule has 5 heteroatoms. The maximum atomic E-state index is 10.3. The van der Waals surface area contributed by atoms with Crippen molar-refractivity contribution in [1.82, 2.24) is 9.55 Å². The molecular weight excluding hydrogens is 192 g/mol. The van der Waals surface area contributed by atoms with Gasteiger partial charge in [0.2, 0.25) is 0 Å². The molecule has 1 aromatic heterocycles. The standard InChI is InChI=1S/C8H12N2O2.ClH/c1-2-7-9-4-6-10(7)5-3-8(11)12;/h4,6H,2-3,5H2,1H3,(H,11,12);1H. The van der Waals surface area contributed by atoms with Gasteiger partial charge >= 0.3 is 5.97 Å². The molecule has 0 fully saturated rings. The van der Waals surface area contributed by atoms with Crippen LogP contribution in [-0.4, -0.2) is 20.6 Å². The van der Waals surface area contributed by atoms with Crippen molar-refractivity contribution in [1.29, 1.82) is 0 Å². The summed E-state index contributed by atoms with van der Waals surface area (Å²) in [6.45, 7) is 2.51. The molecule has 0 saturated heterocycles. The summed E-state index contributed by atoms with van der Waals surface area (Å²) in [6.07, 6.45) is 4.50. The molecular formula is C8H13ClN2O2. The van der Waals surface area contributed by atoms with Crippen molar-refractivity contribution in [3.63, 3.8) is 0 Å². The second-order valence-electron chi connectivity index (χ2n) is 2.53. The Labute approximate surface area is 83.0 Å². The number of carboxylic acids is 1. The minimum absolute atomic E-state index is 0. The Kier molecular flexibility index (Phi) is 5.14. The molecule has 0 bridgehead atoms.